The highest BCUT2D eigenvalue weighted by atomic mass is 16.5. The minimum Gasteiger partial charge on any atom is -0.469 e. The van der Waals surface area contributed by atoms with Crippen molar-refractivity contribution in [1.29, 1.82) is 0 Å². The van der Waals surface area contributed by atoms with Gasteiger partial charge in [-0.05, 0) is 122 Å². The Morgan fingerprint density at radius 3 is 1.76 bits per heavy atom. The fourth-order valence-electron chi connectivity index (χ4n) is 6.49. The Bertz CT molecular complexity index is 1760. The van der Waals surface area contributed by atoms with Gasteiger partial charge >= 0.3 is 5.97 Å². The van der Waals surface area contributed by atoms with Gasteiger partial charge in [0, 0.05) is 28.5 Å². The van der Waals surface area contributed by atoms with E-state index in [2.05, 4.69) is 82.7 Å². The maximum atomic E-state index is 12.1. The normalized spacial score (nSPS) is 13.4. The Kier molecular flexibility index (Phi) is 8.03. The zero-order valence-electron chi connectivity index (χ0n) is 25.8. The molecule has 0 fully saturated rings. The number of H-pyrrole nitrogens is 2. The number of hydrogen-bond acceptors (Lipinski definition) is 4. The van der Waals surface area contributed by atoms with Crippen molar-refractivity contribution in [3.63, 3.8) is 0 Å². The highest BCUT2D eigenvalue weighted by molar-refractivity contribution is 5.96. The summed E-state index contributed by atoms with van der Waals surface area (Å²) in [4.78, 5) is 29.9. The summed E-state index contributed by atoms with van der Waals surface area (Å²) in [6.07, 6.45) is 4.62. The molecule has 0 saturated heterocycles. The summed E-state index contributed by atoms with van der Waals surface area (Å²) in [7, 11) is 1.44. The van der Waals surface area contributed by atoms with Crippen molar-refractivity contribution in [1.82, 2.24) is 19.9 Å². The van der Waals surface area contributed by atoms with Crippen molar-refractivity contribution in [2.24, 2.45) is 0 Å². The standard InChI is InChI=1S/C35H42N4O2/c1-9-22-19(5)27-15-28-21(7)26(13-14-35(40)41-8)34(38-28)16-29-20(6)23(10-2)31(37-29)18-33-25(12-4)24(11-3)32(39-33)17-30(22)36-27/h15-18,37,39H,9-14H2,1-8H3. The quantitative estimate of drug-likeness (QED) is 0.289. The van der Waals surface area contributed by atoms with Crippen LogP contribution in [-0.2, 0) is 28.8 Å². The van der Waals surface area contributed by atoms with Gasteiger partial charge in [-0.3, -0.25) is 4.79 Å². The summed E-state index contributed by atoms with van der Waals surface area (Å²) in [6.45, 7) is 15.3. The van der Waals surface area contributed by atoms with Crippen LogP contribution in [0.5, 0.6) is 0 Å². The lowest BCUT2D eigenvalue weighted by Gasteiger charge is -2.04. The predicted octanol–water partition coefficient (Wildman–Crippen LogP) is 8.54. The van der Waals surface area contributed by atoms with Crippen LogP contribution >= 0.6 is 0 Å². The first kappa shape index (κ1) is 28.6. The maximum Gasteiger partial charge on any atom is 0.305 e. The summed E-state index contributed by atoms with van der Waals surface area (Å²) >= 11 is 0. The molecule has 0 unspecified atom stereocenters. The van der Waals surface area contributed by atoms with Crippen molar-refractivity contribution in [3.05, 3.63) is 69.3 Å². The number of aryl methyl sites for hydroxylation is 4. The van der Waals surface area contributed by atoms with Gasteiger partial charge in [0.15, 0.2) is 0 Å². The molecule has 6 nitrogen and oxygen atoms in total. The van der Waals surface area contributed by atoms with Crippen molar-refractivity contribution in [2.75, 3.05) is 7.11 Å². The SMILES string of the molecule is CCC1=C(C)c2cc3nc(cc4[nH]c(cc5[nH]c(cc1n2)c(CC)c5CC)c(CC)c4C)C(CCC(=O)OC)=C3C. The molecule has 0 amide bonds. The largest absolute Gasteiger partial charge is 0.469 e. The van der Waals surface area contributed by atoms with E-state index in [1.165, 1.54) is 40.5 Å². The number of aromatic nitrogens is 4. The molecule has 0 aromatic carbocycles. The number of carbonyl (C=O) groups excluding carboxylic acids is 1. The molecule has 2 aliphatic heterocycles. The molecule has 3 aromatic heterocycles. The van der Waals surface area contributed by atoms with Crippen LogP contribution in [0.1, 0.15) is 106 Å². The fraction of sp³-hybridized carbons (Fsp3) is 0.400. The van der Waals surface area contributed by atoms with E-state index in [0.29, 0.717) is 12.8 Å². The number of hydrogen-bond donors (Lipinski definition) is 2. The number of allylic oxidation sites excluding steroid dienone is 4. The van der Waals surface area contributed by atoms with Crippen molar-refractivity contribution >= 4 is 50.3 Å². The molecule has 5 heterocycles. The van der Waals surface area contributed by atoms with Gasteiger partial charge < -0.3 is 14.7 Å². The van der Waals surface area contributed by atoms with Crippen LogP contribution in [0.4, 0.5) is 0 Å². The molecule has 0 radical (unpaired) electrons. The van der Waals surface area contributed by atoms with E-state index in [9.17, 15) is 4.79 Å². The van der Waals surface area contributed by atoms with E-state index in [1.54, 1.807) is 0 Å². The minimum atomic E-state index is -0.216. The number of nitrogens with zero attached hydrogens (tertiary/aromatic N) is 2. The molecule has 6 heteroatoms. The van der Waals surface area contributed by atoms with Gasteiger partial charge in [-0.25, -0.2) is 9.97 Å². The van der Waals surface area contributed by atoms with Crippen LogP contribution in [0.15, 0.2) is 24.3 Å². The number of nitrogens with one attached hydrogen (secondary N) is 2. The van der Waals surface area contributed by atoms with Crippen LogP contribution in [0.3, 0.4) is 0 Å². The Labute approximate surface area is 243 Å². The van der Waals surface area contributed by atoms with E-state index >= 15 is 0 Å². The lowest BCUT2D eigenvalue weighted by atomic mass is 10.00. The molecule has 3 aromatic rings. The zero-order valence-corrected chi connectivity index (χ0v) is 25.8. The molecule has 0 aliphatic carbocycles. The molecule has 41 heavy (non-hydrogen) atoms. The van der Waals surface area contributed by atoms with Gasteiger partial charge in [0.05, 0.1) is 29.9 Å². The summed E-state index contributed by atoms with van der Waals surface area (Å²) in [5.41, 5.74) is 18.1. The highest BCUT2D eigenvalue weighted by Crippen LogP contribution is 2.37. The number of methoxy groups -OCH3 is 1. The summed E-state index contributed by atoms with van der Waals surface area (Å²) in [6, 6.07) is 8.78. The second-order valence-corrected chi connectivity index (χ2v) is 11.0. The Balaban J connectivity index is 1.93. The molecule has 8 bridgehead atoms. The topological polar surface area (TPSA) is 83.7 Å². The van der Waals surface area contributed by atoms with Crippen LogP contribution in [0.25, 0.3) is 44.4 Å². The van der Waals surface area contributed by atoms with Crippen molar-refractivity contribution < 1.29 is 9.53 Å². The minimum absolute atomic E-state index is 0.216. The number of carbonyl (C=O) groups is 1. The molecule has 2 N–H and O–H groups in total. The van der Waals surface area contributed by atoms with Gasteiger partial charge in [-0.15, -0.1) is 0 Å². The first-order valence-corrected chi connectivity index (χ1v) is 15.0. The van der Waals surface area contributed by atoms with Crippen LogP contribution in [0.2, 0.25) is 0 Å². The summed E-state index contributed by atoms with van der Waals surface area (Å²) in [5.74, 6) is -0.216. The van der Waals surface area contributed by atoms with Gasteiger partial charge in [0.1, 0.15) is 0 Å². The van der Waals surface area contributed by atoms with Crippen LogP contribution in [0, 0.1) is 6.92 Å². The molecular weight excluding hydrogens is 508 g/mol. The second kappa shape index (κ2) is 11.5. The molecule has 214 valence electrons. The van der Waals surface area contributed by atoms with Gasteiger partial charge in [-0.2, -0.15) is 0 Å². The van der Waals surface area contributed by atoms with E-state index in [0.717, 1.165) is 81.7 Å². The fourth-order valence-corrected chi connectivity index (χ4v) is 6.49. The zero-order chi connectivity index (χ0) is 29.4. The first-order valence-electron chi connectivity index (χ1n) is 15.0. The lowest BCUT2D eigenvalue weighted by Crippen LogP contribution is -2.00. The third-order valence-electron chi connectivity index (χ3n) is 8.85. The Hall–Kier alpha value is -3.93. The Morgan fingerprint density at radius 1 is 0.659 bits per heavy atom. The van der Waals surface area contributed by atoms with Crippen molar-refractivity contribution in [2.45, 2.75) is 87.0 Å². The molecular formula is C35H42N4O2. The van der Waals surface area contributed by atoms with Gasteiger partial charge in [0.2, 0.25) is 0 Å². The number of rotatable bonds is 7. The number of aromatic amines is 2. The van der Waals surface area contributed by atoms with E-state index < -0.39 is 0 Å². The smallest absolute Gasteiger partial charge is 0.305 e. The van der Waals surface area contributed by atoms with E-state index in [-0.39, 0.29) is 5.97 Å². The molecule has 0 atom stereocenters. The van der Waals surface area contributed by atoms with Gasteiger partial charge in [0.25, 0.3) is 0 Å². The molecule has 5 rings (SSSR count). The molecule has 0 spiro atoms. The maximum absolute atomic E-state index is 12.1. The van der Waals surface area contributed by atoms with Crippen molar-refractivity contribution in [3.8, 4) is 0 Å². The predicted molar refractivity (Wildman–Crippen MR) is 170 cm³/mol. The molecule has 2 aliphatic rings. The lowest BCUT2D eigenvalue weighted by molar-refractivity contribution is -0.140. The number of fused-ring (bicyclic) bond motifs is 8. The second-order valence-electron chi connectivity index (χ2n) is 11.0. The Morgan fingerprint density at radius 2 is 1.17 bits per heavy atom. The third kappa shape index (κ3) is 5.05. The monoisotopic (exact) mass is 550 g/mol. The number of ether oxygens (including phenoxy) is 1. The highest BCUT2D eigenvalue weighted by Gasteiger charge is 2.21. The van der Waals surface area contributed by atoms with Gasteiger partial charge in [-0.1, -0.05) is 27.7 Å². The van der Waals surface area contributed by atoms with Crippen LogP contribution < -0.4 is 0 Å². The number of esters is 1. The summed E-state index contributed by atoms with van der Waals surface area (Å²) in [5, 5.41) is 0. The first-order chi connectivity index (χ1) is 19.7. The van der Waals surface area contributed by atoms with E-state index in [1.807, 2.05) is 0 Å². The summed E-state index contributed by atoms with van der Waals surface area (Å²) < 4.78 is 4.96. The average molecular weight is 551 g/mol. The third-order valence-corrected chi connectivity index (χ3v) is 8.85. The molecule has 0 saturated carbocycles. The average Bonchev–Trinajstić information content (AvgIpc) is 3.64. The van der Waals surface area contributed by atoms with E-state index in [4.69, 9.17) is 14.7 Å². The van der Waals surface area contributed by atoms with Crippen LogP contribution in [-0.4, -0.2) is 33.0 Å².